The standard InChI is InChI=1S/C13H23N3O5/c1-2-16-7-3-4-9(8-16)14-13(21)15-10(12(19)20)5-6-11(17)18/h9-10H,2-8H2,1H3,(H,17,18)(H,19,20)(H2,14,15,21). The third kappa shape index (κ3) is 6.44. The van der Waals surface area contributed by atoms with Crippen molar-refractivity contribution in [1.29, 1.82) is 0 Å². The number of amides is 2. The second-order valence-corrected chi connectivity index (χ2v) is 5.17. The summed E-state index contributed by atoms with van der Waals surface area (Å²) in [5.74, 6) is -2.32. The van der Waals surface area contributed by atoms with E-state index in [1.54, 1.807) is 0 Å². The predicted octanol–water partition coefficient (Wildman–Crippen LogP) is 0.0879. The fourth-order valence-electron chi connectivity index (χ4n) is 2.37. The fraction of sp³-hybridized carbons (Fsp3) is 0.769. The Morgan fingerprint density at radius 3 is 2.62 bits per heavy atom. The number of nitrogens with one attached hydrogen (secondary N) is 2. The van der Waals surface area contributed by atoms with E-state index in [9.17, 15) is 14.4 Å². The van der Waals surface area contributed by atoms with Crippen LogP contribution < -0.4 is 10.6 Å². The Balaban J connectivity index is 2.42. The predicted molar refractivity (Wildman–Crippen MR) is 75.1 cm³/mol. The monoisotopic (exact) mass is 301 g/mol. The number of carboxylic acid groups (broad SMARTS) is 2. The van der Waals surface area contributed by atoms with Gasteiger partial charge in [0.2, 0.25) is 0 Å². The number of piperidine rings is 1. The molecule has 1 aliphatic rings. The highest BCUT2D eigenvalue weighted by atomic mass is 16.4. The van der Waals surface area contributed by atoms with Gasteiger partial charge in [0.05, 0.1) is 0 Å². The Hall–Kier alpha value is -1.83. The molecule has 120 valence electrons. The molecule has 0 aromatic rings. The molecule has 1 fully saturated rings. The average molecular weight is 301 g/mol. The van der Waals surface area contributed by atoms with E-state index < -0.39 is 24.0 Å². The number of likely N-dealkylation sites (tertiary alicyclic amines) is 1. The lowest BCUT2D eigenvalue weighted by Crippen LogP contribution is -2.53. The Morgan fingerprint density at radius 1 is 1.33 bits per heavy atom. The van der Waals surface area contributed by atoms with Gasteiger partial charge in [-0.05, 0) is 32.4 Å². The number of carboxylic acids is 2. The second-order valence-electron chi connectivity index (χ2n) is 5.17. The van der Waals surface area contributed by atoms with Crippen molar-refractivity contribution in [1.82, 2.24) is 15.5 Å². The molecule has 0 saturated carbocycles. The molecule has 8 heteroatoms. The number of rotatable bonds is 7. The van der Waals surface area contributed by atoms with Gasteiger partial charge in [0.1, 0.15) is 6.04 Å². The summed E-state index contributed by atoms with van der Waals surface area (Å²) < 4.78 is 0. The van der Waals surface area contributed by atoms with Crippen LogP contribution in [-0.4, -0.2) is 64.8 Å². The van der Waals surface area contributed by atoms with Gasteiger partial charge < -0.3 is 25.7 Å². The molecule has 1 saturated heterocycles. The highest BCUT2D eigenvalue weighted by molar-refractivity contribution is 5.83. The third-order valence-corrected chi connectivity index (χ3v) is 3.54. The van der Waals surface area contributed by atoms with E-state index in [1.807, 2.05) is 0 Å². The number of urea groups is 1. The molecule has 4 N–H and O–H groups in total. The first kappa shape index (κ1) is 17.2. The number of carbonyl (C=O) groups excluding carboxylic acids is 1. The second kappa shape index (κ2) is 8.46. The van der Waals surface area contributed by atoms with Crippen molar-refractivity contribution in [3.8, 4) is 0 Å². The van der Waals surface area contributed by atoms with Crippen LogP contribution in [0.5, 0.6) is 0 Å². The lowest BCUT2D eigenvalue weighted by atomic mass is 10.1. The summed E-state index contributed by atoms with van der Waals surface area (Å²) in [5.41, 5.74) is 0. The van der Waals surface area contributed by atoms with Gasteiger partial charge in [-0.3, -0.25) is 4.79 Å². The Bertz CT molecular complexity index is 388. The van der Waals surface area contributed by atoms with Crippen LogP contribution >= 0.6 is 0 Å². The molecule has 8 nitrogen and oxygen atoms in total. The van der Waals surface area contributed by atoms with Crippen molar-refractivity contribution in [3.63, 3.8) is 0 Å². The highest BCUT2D eigenvalue weighted by Crippen LogP contribution is 2.09. The highest BCUT2D eigenvalue weighted by Gasteiger charge is 2.24. The van der Waals surface area contributed by atoms with E-state index in [0.29, 0.717) is 0 Å². The maximum absolute atomic E-state index is 11.8. The van der Waals surface area contributed by atoms with Crippen molar-refractivity contribution in [2.45, 2.75) is 44.7 Å². The zero-order valence-corrected chi connectivity index (χ0v) is 12.2. The van der Waals surface area contributed by atoms with Gasteiger partial charge in [-0.1, -0.05) is 6.92 Å². The minimum Gasteiger partial charge on any atom is -0.481 e. The van der Waals surface area contributed by atoms with E-state index in [1.165, 1.54) is 0 Å². The molecule has 0 aromatic carbocycles. The lowest BCUT2D eigenvalue weighted by Gasteiger charge is -2.32. The molecule has 21 heavy (non-hydrogen) atoms. The molecule has 2 unspecified atom stereocenters. The van der Waals surface area contributed by atoms with Gasteiger partial charge >= 0.3 is 18.0 Å². The van der Waals surface area contributed by atoms with E-state index in [0.717, 1.165) is 32.5 Å². The van der Waals surface area contributed by atoms with Crippen LogP contribution in [0.3, 0.4) is 0 Å². The first-order chi connectivity index (χ1) is 9.92. The first-order valence-corrected chi connectivity index (χ1v) is 7.16. The molecule has 1 heterocycles. The maximum atomic E-state index is 11.8. The zero-order valence-electron chi connectivity index (χ0n) is 12.2. The lowest BCUT2D eigenvalue weighted by molar-refractivity contribution is -0.140. The fourth-order valence-corrected chi connectivity index (χ4v) is 2.37. The van der Waals surface area contributed by atoms with Crippen molar-refractivity contribution in [2.24, 2.45) is 0 Å². The molecule has 0 bridgehead atoms. The average Bonchev–Trinajstić information content (AvgIpc) is 2.43. The molecule has 2 amide bonds. The number of aliphatic carboxylic acids is 2. The summed E-state index contributed by atoms with van der Waals surface area (Å²) in [5, 5.41) is 22.6. The van der Waals surface area contributed by atoms with Crippen LogP contribution in [0.15, 0.2) is 0 Å². The summed E-state index contributed by atoms with van der Waals surface area (Å²) in [4.78, 5) is 35.5. The van der Waals surface area contributed by atoms with Crippen LogP contribution in [0.4, 0.5) is 4.79 Å². The van der Waals surface area contributed by atoms with Crippen LogP contribution in [0.1, 0.15) is 32.6 Å². The minimum atomic E-state index is -1.23. The molecular formula is C13H23N3O5. The normalized spacial score (nSPS) is 20.5. The third-order valence-electron chi connectivity index (χ3n) is 3.54. The van der Waals surface area contributed by atoms with Gasteiger partial charge in [-0.2, -0.15) is 0 Å². The van der Waals surface area contributed by atoms with Crippen molar-refractivity contribution < 1.29 is 24.6 Å². The topological polar surface area (TPSA) is 119 Å². The molecule has 0 aliphatic carbocycles. The van der Waals surface area contributed by atoms with Crippen molar-refractivity contribution in [2.75, 3.05) is 19.6 Å². The van der Waals surface area contributed by atoms with Gasteiger partial charge in [0, 0.05) is 19.0 Å². The van der Waals surface area contributed by atoms with Gasteiger partial charge in [0.15, 0.2) is 0 Å². The van der Waals surface area contributed by atoms with E-state index >= 15 is 0 Å². The van der Waals surface area contributed by atoms with Gasteiger partial charge in [-0.15, -0.1) is 0 Å². The number of nitrogens with zero attached hydrogens (tertiary/aromatic N) is 1. The van der Waals surface area contributed by atoms with E-state index in [2.05, 4.69) is 22.5 Å². The van der Waals surface area contributed by atoms with Crippen LogP contribution in [0, 0.1) is 0 Å². The van der Waals surface area contributed by atoms with Gasteiger partial charge in [-0.25, -0.2) is 9.59 Å². The smallest absolute Gasteiger partial charge is 0.326 e. The zero-order chi connectivity index (χ0) is 15.8. The van der Waals surface area contributed by atoms with Gasteiger partial charge in [0.25, 0.3) is 0 Å². The molecular weight excluding hydrogens is 278 g/mol. The summed E-state index contributed by atoms with van der Waals surface area (Å²) in [6.07, 6.45) is 1.41. The minimum absolute atomic E-state index is 0.00683. The number of carbonyl (C=O) groups is 3. The molecule has 0 spiro atoms. The molecule has 2 atom stereocenters. The summed E-state index contributed by atoms with van der Waals surface area (Å²) >= 11 is 0. The van der Waals surface area contributed by atoms with Crippen molar-refractivity contribution >= 4 is 18.0 Å². The Morgan fingerprint density at radius 2 is 2.05 bits per heavy atom. The van der Waals surface area contributed by atoms with Crippen molar-refractivity contribution in [3.05, 3.63) is 0 Å². The van der Waals surface area contributed by atoms with Crippen LogP contribution in [0.2, 0.25) is 0 Å². The Labute approximate surface area is 123 Å². The number of hydrogen-bond acceptors (Lipinski definition) is 4. The first-order valence-electron chi connectivity index (χ1n) is 7.16. The maximum Gasteiger partial charge on any atom is 0.326 e. The number of hydrogen-bond donors (Lipinski definition) is 4. The SMILES string of the molecule is CCN1CCCC(NC(=O)NC(CCC(=O)O)C(=O)O)C1. The van der Waals surface area contributed by atoms with Crippen LogP contribution in [0.25, 0.3) is 0 Å². The summed E-state index contributed by atoms with van der Waals surface area (Å²) in [6.45, 7) is 4.72. The van der Waals surface area contributed by atoms with Crippen LogP contribution in [-0.2, 0) is 9.59 Å². The summed E-state index contributed by atoms with van der Waals surface area (Å²) in [7, 11) is 0. The summed E-state index contributed by atoms with van der Waals surface area (Å²) in [6, 6.07) is -1.75. The molecule has 1 aliphatic heterocycles. The van der Waals surface area contributed by atoms with E-state index in [-0.39, 0.29) is 18.9 Å². The van der Waals surface area contributed by atoms with E-state index in [4.69, 9.17) is 10.2 Å². The molecule has 0 radical (unpaired) electrons. The molecule has 1 rings (SSSR count). The quantitative estimate of drug-likeness (QED) is 0.529. The Kier molecular flexibility index (Phi) is 6.93. The largest absolute Gasteiger partial charge is 0.481 e. The number of likely N-dealkylation sites (N-methyl/N-ethyl adjacent to an activating group) is 1. The molecule has 0 aromatic heterocycles.